The minimum absolute atomic E-state index is 0.0644. The Kier molecular flexibility index (Phi) is 45.2. The first-order chi connectivity index (χ1) is 29.7. The molecule has 0 amide bonds. The van der Waals surface area contributed by atoms with Crippen molar-refractivity contribution in [1.29, 1.82) is 0 Å². The SMILES string of the molecule is CCC(C)CCCCCCCCCCCCC(=O)OC[C@@H](COC(=O)CCCCCCCCCCCCCCC(C)C)OC(=O)CCCCCCCCCCCCC(C)CC. The molecule has 0 saturated heterocycles. The van der Waals surface area contributed by atoms with Crippen LogP contribution in [0.4, 0.5) is 0 Å². The molecule has 0 spiro atoms. The van der Waals surface area contributed by atoms with Gasteiger partial charge in [0.15, 0.2) is 6.10 Å². The largest absolute Gasteiger partial charge is 0.462 e. The molecule has 0 radical (unpaired) electrons. The van der Waals surface area contributed by atoms with Crippen molar-refractivity contribution in [2.75, 3.05) is 13.2 Å². The fourth-order valence-electron chi connectivity index (χ4n) is 8.23. The summed E-state index contributed by atoms with van der Waals surface area (Å²) in [5, 5.41) is 0. The van der Waals surface area contributed by atoms with Gasteiger partial charge in [-0.15, -0.1) is 0 Å². The third-order valence-corrected chi connectivity index (χ3v) is 13.1. The van der Waals surface area contributed by atoms with E-state index in [-0.39, 0.29) is 31.1 Å². The van der Waals surface area contributed by atoms with Crippen molar-refractivity contribution in [3.63, 3.8) is 0 Å². The van der Waals surface area contributed by atoms with Crippen LogP contribution in [0.3, 0.4) is 0 Å². The summed E-state index contributed by atoms with van der Waals surface area (Å²) in [4.78, 5) is 38.0. The van der Waals surface area contributed by atoms with Crippen LogP contribution in [0, 0.1) is 17.8 Å². The smallest absolute Gasteiger partial charge is 0.306 e. The quantitative estimate of drug-likeness (QED) is 0.0344. The fraction of sp³-hybridized carbons (Fsp3) is 0.945. The van der Waals surface area contributed by atoms with Gasteiger partial charge >= 0.3 is 17.9 Å². The Morgan fingerprint density at radius 3 is 0.852 bits per heavy atom. The summed E-state index contributed by atoms with van der Waals surface area (Å²) in [6.45, 7) is 13.8. The van der Waals surface area contributed by atoms with Crippen LogP contribution in [0.15, 0.2) is 0 Å². The van der Waals surface area contributed by atoms with Crippen LogP contribution in [0.25, 0.3) is 0 Å². The summed E-state index contributed by atoms with van der Waals surface area (Å²) in [5.41, 5.74) is 0. The summed E-state index contributed by atoms with van der Waals surface area (Å²) in [7, 11) is 0. The normalized spacial score (nSPS) is 13.0. The van der Waals surface area contributed by atoms with Gasteiger partial charge in [-0.1, -0.05) is 260 Å². The molecule has 362 valence electrons. The van der Waals surface area contributed by atoms with Crippen molar-refractivity contribution < 1.29 is 28.6 Å². The average Bonchev–Trinajstić information content (AvgIpc) is 3.24. The van der Waals surface area contributed by atoms with E-state index in [1.807, 2.05) is 0 Å². The first kappa shape index (κ1) is 59.4. The van der Waals surface area contributed by atoms with Crippen molar-refractivity contribution in [3.8, 4) is 0 Å². The van der Waals surface area contributed by atoms with Crippen LogP contribution in [0.5, 0.6) is 0 Å². The minimum atomic E-state index is -0.763. The van der Waals surface area contributed by atoms with Gasteiger partial charge in [0, 0.05) is 19.3 Å². The topological polar surface area (TPSA) is 78.9 Å². The fourth-order valence-corrected chi connectivity index (χ4v) is 8.23. The lowest BCUT2D eigenvalue weighted by Gasteiger charge is -2.18. The zero-order chi connectivity index (χ0) is 44.9. The summed E-state index contributed by atoms with van der Waals surface area (Å²) in [6.07, 6.45) is 46.4. The Morgan fingerprint density at radius 2 is 0.574 bits per heavy atom. The van der Waals surface area contributed by atoms with Gasteiger partial charge in [0.1, 0.15) is 13.2 Å². The molecule has 0 aromatic carbocycles. The van der Waals surface area contributed by atoms with Gasteiger partial charge in [0.25, 0.3) is 0 Å². The van der Waals surface area contributed by atoms with Gasteiger partial charge < -0.3 is 14.2 Å². The molecular weight excluding hydrogens is 757 g/mol. The lowest BCUT2D eigenvalue weighted by atomic mass is 9.99. The third-order valence-electron chi connectivity index (χ3n) is 13.1. The zero-order valence-corrected chi connectivity index (χ0v) is 42.0. The van der Waals surface area contributed by atoms with Crippen molar-refractivity contribution in [2.45, 2.75) is 304 Å². The highest BCUT2D eigenvalue weighted by Crippen LogP contribution is 2.19. The maximum absolute atomic E-state index is 12.8. The number of rotatable bonds is 48. The Bertz CT molecular complexity index is 949. The van der Waals surface area contributed by atoms with E-state index in [9.17, 15) is 14.4 Å². The van der Waals surface area contributed by atoms with Crippen molar-refractivity contribution >= 4 is 17.9 Å². The van der Waals surface area contributed by atoms with E-state index < -0.39 is 6.10 Å². The summed E-state index contributed by atoms with van der Waals surface area (Å²) < 4.78 is 16.9. The number of esters is 3. The number of hydrogen-bond donors (Lipinski definition) is 0. The standard InChI is InChI=1S/C55H106O6/c1-7-50(5)42-36-30-24-18-13-15-21-27-33-39-45-54(57)60-48-52(61-55(58)46-40-34-28-22-16-14-19-25-31-37-43-51(6)8-2)47-59-53(56)44-38-32-26-20-12-10-9-11-17-23-29-35-41-49(3)4/h49-52H,7-48H2,1-6H3/t50?,51?,52-/m1/s1. The van der Waals surface area contributed by atoms with Gasteiger partial charge in [-0.25, -0.2) is 0 Å². The highest BCUT2D eigenvalue weighted by atomic mass is 16.6. The average molecular weight is 863 g/mol. The number of ether oxygens (including phenoxy) is 3. The molecule has 2 unspecified atom stereocenters. The number of hydrogen-bond acceptors (Lipinski definition) is 6. The van der Waals surface area contributed by atoms with Gasteiger partial charge in [0.05, 0.1) is 0 Å². The molecule has 0 aromatic heterocycles. The second kappa shape index (κ2) is 46.4. The highest BCUT2D eigenvalue weighted by Gasteiger charge is 2.19. The number of unbranched alkanes of at least 4 members (excludes halogenated alkanes) is 29. The van der Waals surface area contributed by atoms with Crippen LogP contribution in [-0.4, -0.2) is 37.2 Å². The van der Waals surface area contributed by atoms with Crippen LogP contribution in [0.2, 0.25) is 0 Å². The molecule has 0 aliphatic rings. The molecule has 0 bridgehead atoms. The lowest BCUT2D eigenvalue weighted by molar-refractivity contribution is -0.167. The molecule has 6 heteroatoms. The molecule has 3 atom stereocenters. The monoisotopic (exact) mass is 863 g/mol. The Labute approximate surface area is 380 Å². The predicted molar refractivity (Wildman–Crippen MR) is 261 cm³/mol. The van der Waals surface area contributed by atoms with Crippen LogP contribution >= 0.6 is 0 Å². The molecule has 0 fully saturated rings. The Hall–Kier alpha value is -1.59. The summed E-state index contributed by atoms with van der Waals surface area (Å²) in [5.74, 6) is 1.72. The van der Waals surface area contributed by atoms with Crippen molar-refractivity contribution in [1.82, 2.24) is 0 Å². The maximum Gasteiger partial charge on any atom is 0.306 e. The van der Waals surface area contributed by atoms with Crippen LogP contribution in [-0.2, 0) is 28.6 Å². The van der Waals surface area contributed by atoms with Gasteiger partial charge in [-0.2, -0.15) is 0 Å². The highest BCUT2D eigenvalue weighted by molar-refractivity contribution is 5.71. The molecule has 0 N–H and O–H groups in total. The molecule has 0 aliphatic heterocycles. The third kappa shape index (κ3) is 46.2. The summed E-state index contributed by atoms with van der Waals surface area (Å²) >= 11 is 0. The van der Waals surface area contributed by atoms with E-state index in [1.54, 1.807) is 0 Å². The van der Waals surface area contributed by atoms with Crippen molar-refractivity contribution in [2.24, 2.45) is 17.8 Å². The molecular formula is C55H106O6. The molecule has 6 nitrogen and oxygen atoms in total. The maximum atomic E-state index is 12.8. The molecule has 61 heavy (non-hydrogen) atoms. The molecule has 0 rings (SSSR count). The minimum Gasteiger partial charge on any atom is -0.462 e. The van der Waals surface area contributed by atoms with Gasteiger partial charge in [0.2, 0.25) is 0 Å². The van der Waals surface area contributed by atoms with E-state index in [1.165, 1.54) is 180 Å². The molecule has 0 aromatic rings. The Balaban J connectivity index is 4.34. The van der Waals surface area contributed by atoms with Gasteiger partial charge in [-0.3, -0.25) is 14.4 Å². The summed E-state index contributed by atoms with van der Waals surface area (Å²) in [6, 6.07) is 0. The van der Waals surface area contributed by atoms with E-state index in [4.69, 9.17) is 14.2 Å². The predicted octanol–water partition coefficient (Wildman–Crippen LogP) is 17.6. The Morgan fingerprint density at radius 1 is 0.328 bits per heavy atom. The first-order valence-electron chi connectivity index (χ1n) is 27.2. The van der Waals surface area contributed by atoms with E-state index >= 15 is 0 Å². The molecule has 0 saturated carbocycles. The first-order valence-corrected chi connectivity index (χ1v) is 27.2. The molecule has 0 aliphatic carbocycles. The number of carbonyl (C=O) groups is 3. The lowest BCUT2D eigenvalue weighted by Crippen LogP contribution is -2.30. The van der Waals surface area contributed by atoms with Gasteiger partial charge in [-0.05, 0) is 37.0 Å². The molecule has 0 heterocycles. The van der Waals surface area contributed by atoms with Crippen LogP contribution < -0.4 is 0 Å². The van der Waals surface area contributed by atoms with Crippen molar-refractivity contribution in [3.05, 3.63) is 0 Å². The second-order valence-corrected chi connectivity index (χ2v) is 19.8. The van der Waals surface area contributed by atoms with E-state index in [0.29, 0.717) is 19.3 Å². The van der Waals surface area contributed by atoms with E-state index in [0.717, 1.165) is 75.5 Å². The second-order valence-electron chi connectivity index (χ2n) is 19.8. The zero-order valence-electron chi connectivity index (χ0n) is 42.0. The van der Waals surface area contributed by atoms with Crippen LogP contribution in [0.1, 0.15) is 298 Å². The van der Waals surface area contributed by atoms with E-state index in [2.05, 4.69) is 41.5 Å². The number of carbonyl (C=O) groups excluding carboxylic acids is 3.